The van der Waals surface area contributed by atoms with Gasteiger partial charge in [-0.25, -0.2) is 4.98 Å². The Labute approximate surface area is 453 Å². The molecule has 366 valence electrons. The van der Waals surface area contributed by atoms with E-state index in [1.165, 1.54) is 5.56 Å². The van der Waals surface area contributed by atoms with Gasteiger partial charge < -0.3 is 19.8 Å². The molecule has 2 heterocycles. The standard InChI is InChI=1S/C69H58N4O2/c1-68(2,3)49-37-38-62(56(42-49)47-27-14-9-15-28-47)73-63-35-20-19-34-60(63)72-67(73)48-39-50(69(4,5)6)41-51(40-48)74-52-43-57-55-29-16-21-36-64(55)75-66(57)61(44-52)70-58-32-17-18-33-59(58)71-65-53(45-23-10-7-11-24-45)30-22-31-54(65)46-25-12-8-13-26-46/h7-44,70-71H,1-6H3/i7D,8D,10D,11D,12D,13D,23D,24D,25D,26D. The molecule has 2 aromatic heterocycles. The molecular formula is C69H58N4O2. The number of para-hydroxylation sites is 6. The van der Waals surface area contributed by atoms with Crippen molar-refractivity contribution in [1.82, 2.24) is 9.55 Å². The fourth-order valence-electron chi connectivity index (χ4n) is 9.67. The highest BCUT2D eigenvalue weighted by molar-refractivity contribution is 6.10. The van der Waals surface area contributed by atoms with Gasteiger partial charge in [0.05, 0.1) is 53.2 Å². The van der Waals surface area contributed by atoms with Crippen LogP contribution in [0.2, 0.25) is 0 Å². The molecule has 0 aliphatic carbocycles. The third-order valence-electron chi connectivity index (χ3n) is 13.5. The molecule has 0 aliphatic heterocycles. The highest BCUT2D eigenvalue weighted by Gasteiger charge is 2.25. The summed E-state index contributed by atoms with van der Waals surface area (Å²) in [5.74, 6) is 1.79. The lowest BCUT2D eigenvalue weighted by Crippen LogP contribution is -2.12. The normalized spacial score (nSPS) is 13.7. The zero-order chi connectivity index (χ0) is 60.0. The number of fused-ring (bicyclic) bond motifs is 4. The Morgan fingerprint density at radius 1 is 0.480 bits per heavy atom. The number of rotatable bonds is 11. The topological polar surface area (TPSA) is 64.2 Å². The van der Waals surface area contributed by atoms with Crippen LogP contribution in [0.5, 0.6) is 11.5 Å². The Morgan fingerprint density at radius 2 is 1.11 bits per heavy atom. The van der Waals surface area contributed by atoms with Crippen LogP contribution in [0.15, 0.2) is 235 Å². The molecule has 0 unspecified atom stereocenters. The average Bonchev–Trinajstić information content (AvgIpc) is 2.03. The summed E-state index contributed by atoms with van der Waals surface area (Å²) in [7, 11) is 0. The van der Waals surface area contributed by atoms with Crippen molar-refractivity contribution in [2.24, 2.45) is 0 Å². The van der Waals surface area contributed by atoms with Gasteiger partial charge in [-0.2, -0.15) is 0 Å². The number of anilines is 4. The molecule has 0 fully saturated rings. The van der Waals surface area contributed by atoms with Gasteiger partial charge in [-0.05, 0) is 105 Å². The zero-order valence-corrected chi connectivity index (χ0v) is 42.4. The van der Waals surface area contributed by atoms with E-state index in [0.717, 1.165) is 55.6 Å². The second kappa shape index (κ2) is 19.0. The smallest absolute Gasteiger partial charge is 0.159 e. The molecule has 0 radical (unpaired) electrons. The maximum absolute atomic E-state index is 9.05. The average molecular weight is 985 g/mol. The van der Waals surface area contributed by atoms with E-state index in [4.69, 9.17) is 27.8 Å². The van der Waals surface area contributed by atoms with Gasteiger partial charge >= 0.3 is 0 Å². The van der Waals surface area contributed by atoms with Crippen LogP contribution < -0.4 is 15.4 Å². The first-order chi connectivity index (χ1) is 40.6. The monoisotopic (exact) mass is 985 g/mol. The van der Waals surface area contributed by atoms with Crippen molar-refractivity contribution in [2.45, 2.75) is 52.4 Å². The van der Waals surface area contributed by atoms with Crippen molar-refractivity contribution >= 4 is 55.7 Å². The van der Waals surface area contributed by atoms with Crippen molar-refractivity contribution in [3.63, 3.8) is 0 Å². The van der Waals surface area contributed by atoms with E-state index in [-0.39, 0.29) is 38.8 Å². The summed E-state index contributed by atoms with van der Waals surface area (Å²) in [6, 6.07) is 49.8. The van der Waals surface area contributed by atoms with Gasteiger partial charge in [-0.15, -0.1) is 0 Å². The molecule has 10 aromatic carbocycles. The number of nitrogens with one attached hydrogen (secondary N) is 2. The highest BCUT2D eigenvalue weighted by Crippen LogP contribution is 2.45. The third kappa shape index (κ3) is 9.21. The Balaban J connectivity index is 1.01. The molecule has 0 saturated carbocycles. The molecule has 0 amide bonds. The summed E-state index contributed by atoms with van der Waals surface area (Å²) in [6.07, 6.45) is 0. The van der Waals surface area contributed by atoms with E-state index >= 15 is 0 Å². The minimum Gasteiger partial charge on any atom is -0.457 e. The molecule has 0 aliphatic rings. The number of hydrogen-bond donors (Lipinski definition) is 2. The number of furan rings is 1. The van der Waals surface area contributed by atoms with Crippen molar-refractivity contribution in [1.29, 1.82) is 0 Å². The molecule has 6 heteroatoms. The minimum absolute atomic E-state index is 0.104. The fourth-order valence-corrected chi connectivity index (χ4v) is 9.67. The largest absolute Gasteiger partial charge is 0.457 e. The maximum Gasteiger partial charge on any atom is 0.159 e. The number of hydrogen-bond acceptors (Lipinski definition) is 5. The van der Waals surface area contributed by atoms with Gasteiger partial charge in [0.2, 0.25) is 0 Å². The van der Waals surface area contributed by atoms with Gasteiger partial charge in [0.1, 0.15) is 22.9 Å². The zero-order valence-electron chi connectivity index (χ0n) is 52.4. The first-order valence-corrected chi connectivity index (χ1v) is 24.9. The van der Waals surface area contributed by atoms with Gasteiger partial charge in [0.25, 0.3) is 0 Å². The lowest BCUT2D eigenvalue weighted by atomic mass is 9.84. The predicted octanol–water partition coefficient (Wildman–Crippen LogP) is 19.5. The number of nitrogens with zero attached hydrogens (tertiary/aromatic N) is 2. The van der Waals surface area contributed by atoms with Crippen LogP contribution in [-0.4, -0.2) is 9.55 Å². The number of aromatic nitrogens is 2. The summed E-state index contributed by atoms with van der Waals surface area (Å²) in [5, 5.41) is 8.68. The second-order valence-corrected chi connectivity index (χ2v) is 20.7. The number of ether oxygens (including phenoxy) is 1. The van der Waals surface area contributed by atoms with Crippen LogP contribution >= 0.6 is 0 Å². The molecule has 75 heavy (non-hydrogen) atoms. The molecule has 0 bridgehead atoms. The molecular weight excluding hydrogens is 917 g/mol. The van der Waals surface area contributed by atoms with Gasteiger partial charge in [-0.1, -0.05) is 199 Å². The predicted molar refractivity (Wildman–Crippen MR) is 313 cm³/mol. The minimum atomic E-state index is -0.578. The first-order valence-electron chi connectivity index (χ1n) is 29.9. The van der Waals surface area contributed by atoms with E-state index in [1.54, 1.807) is 30.3 Å². The van der Waals surface area contributed by atoms with Crippen molar-refractivity contribution < 1.29 is 22.9 Å². The van der Waals surface area contributed by atoms with Crippen LogP contribution in [0, 0.1) is 0 Å². The highest BCUT2D eigenvalue weighted by atomic mass is 16.5. The van der Waals surface area contributed by atoms with Crippen LogP contribution in [0.25, 0.3) is 83.4 Å². The maximum atomic E-state index is 9.05. The van der Waals surface area contributed by atoms with Crippen LogP contribution in [-0.2, 0) is 10.8 Å². The molecule has 0 atom stereocenters. The fraction of sp³-hybridized carbons (Fsp3) is 0.116. The summed E-state index contributed by atoms with van der Waals surface area (Å²) >= 11 is 0. The number of benzene rings is 10. The van der Waals surface area contributed by atoms with Crippen molar-refractivity contribution in [2.75, 3.05) is 10.6 Å². The lowest BCUT2D eigenvalue weighted by Gasteiger charge is -2.24. The SMILES string of the molecule is [2H]c1c([2H])c([2H])c(-c2cccc(-c3c([2H])c([2H])c([2H])c([2H])c3[2H])c2Nc2ccccc2Nc2cc(Oc3cc(-c4nc5ccccc5n4-c4ccc(C(C)(C)C)cc4-c4ccccc4)cc(C(C)(C)C)c3)cc3c2oc2ccccc23)c([2H])c1[2H]. The van der Waals surface area contributed by atoms with E-state index in [9.17, 15) is 0 Å². The van der Waals surface area contributed by atoms with E-state index in [2.05, 4.69) is 117 Å². The van der Waals surface area contributed by atoms with E-state index < -0.39 is 60.4 Å². The Kier molecular flexibility index (Phi) is 9.33. The lowest BCUT2D eigenvalue weighted by molar-refractivity contribution is 0.479. The Bertz CT molecular complexity index is 4530. The van der Waals surface area contributed by atoms with Gasteiger partial charge in [-0.3, -0.25) is 4.57 Å². The molecule has 2 N–H and O–H groups in total. The van der Waals surface area contributed by atoms with Crippen LogP contribution in [0.3, 0.4) is 0 Å². The van der Waals surface area contributed by atoms with E-state index in [1.807, 2.05) is 78.9 Å². The second-order valence-electron chi connectivity index (χ2n) is 20.7. The molecule has 6 nitrogen and oxygen atoms in total. The molecule has 0 saturated heterocycles. The van der Waals surface area contributed by atoms with Crippen molar-refractivity contribution in [3.05, 3.63) is 241 Å². The van der Waals surface area contributed by atoms with Gasteiger partial charge in [0.15, 0.2) is 5.58 Å². The Morgan fingerprint density at radius 3 is 1.81 bits per heavy atom. The summed E-state index contributed by atoms with van der Waals surface area (Å²) < 4.78 is 103. The molecule has 12 rings (SSSR count). The summed E-state index contributed by atoms with van der Waals surface area (Å²) in [4.78, 5) is 5.38. The van der Waals surface area contributed by atoms with Crippen LogP contribution in [0.1, 0.15) is 66.4 Å². The van der Waals surface area contributed by atoms with Crippen molar-refractivity contribution in [3.8, 4) is 62.0 Å². The summed E-state index contributed by atoms with van der Waals surface area (Å²) in [5.41, 5.74) is 10.3. The van der Waals surface area contributed by atoms with Gasteiger partial charge in [0, 0.05) is 39.1 Å². The quantitative estimate of drug-likeness (QED) is 0.135. The number of imidazole rings is 1. The van der Waals surface area contributed by atoms with Crippen LogP contribution in [0.4, 0.5) is 22.7 Å². The Hall–Kier alpha value is -9.13. The molecule has 12 aromatic rings. The summed E-state index contributed by atoms with van der Waals surface area (Å²) in [6.45, 7) is 13.2. The van der Waals surface area contributed by atoms with E-state index in [0.29, 0.717) is 39.7 Å². The molecule has 0 spiro atoms. The first kappa shape index (κ1) is 36.7. The third-order valence-corrected chi connectivity index (χ3v) is 13.5.